The molecular formula is C25H32N2OS. The Morgan fingerprint density at radius 3 is 2.66 bits per heavy atom. The molecule has 1 saturated heterocycles. The van der Waals surface area contributed by atoms with E-state index in [-0.39, 0.29) is 11.3 Å². The molecule has 2 aliphatic carbocycles. The Hall–Kier alpha value is -1.65. The lowest BCUT2D eigenvalue weighted by Crippen LogP contribution is -2.41. The fourth-order valence-electron chi connectivity index (χ4n) is 5.68. The Kier molecular flexibility index (Phi) is 5.25. The second kappa shape index (κ2) is 7.88. The molecular weight excluding hydrogens is 376 g/mol. The van der Waals surface area contributed by atoms with E-state index in [1.54, 1.807) is 0 Å². The summed E-state index contributed by atoms with van der Waals surface area (Å²) in [6.45, 7) is 5.60. The van der Waals surface area contributed by atoms with Crippen LogP contribution >= 0.6 is 11.3 Å². The topological polar surface area (TPSA) is 32.3 Å². The van der Waals surface area contributed by atoms with E-state index in [1.807, 2.05) is 11.3 Å². The number of hydrogen-bond donors (Lipinski definition) is 1. The van der Waals surface area contributed by atoms with Crippen LogP contribution in [0.5, 0.6) is 0 Å². The Labute approximate surface area is 178 Å². The number of amides is 1. The van der Waals surface area contributed by atoms with Crippen LogP contribution in [0.2, 0.25) is 0 Å². The molecule has 2 heterocycles. The van der Waals surface area contributed by atoms with Gasteiger partial charge in [-0.05, 0) is 93.1 Å². The van der Waals surface area contributed by atoms with E-state index >= 15 is 0 Å². The van der Waals surface area contributed by atoms with Gasteiger partial charge in [0, 0.05) is 28.8 Å². The molecule has 2 aromatic rings. The Morgan fingerprint density at radius 2 is 1.97 bits per heavy atom. The number of benzene rings is 1. The largest absolute Gasteiger partial charge is 0.353 e. The molecule has 1 atom stereocenters. The number of hydrogen-bond acceptors (Lipinski definition) is 3. The van der Waals surface area contributed by atoms with Crippen molar-refractivity contribution in [2.75, 3.05) is 13.1 Å². The van der Waals surface area contributed by atoms with Gasteiger partial charge in [0.2, 0.25) is 5.91 Å². The number of rotatable bonds is 5. The molecule has 5 rings (SSSR count). The van der Waals surface area contributed by atoms with Crippen LogP contribution in [0, 0.1) is 6.92 Å². The van der Waals surface area contributed by atoms with Gasteiger partial charge < -0.3 is 5.32 Å². The molecule has 0 radical (unpaired) electrons. The minimum absolute atomic E-state index is 0.261. The van der Waals surface area contributed by atoms with Gasteiger partial charge in [-0.3, -0.25) is 9.69 Å². The van der Waals surface area contributed by atoms with Gasteiger partial charge in [0.25, 0.3) is 0 Å². The first-order valence-corrected chi connectivity index (χ1v) is 12.1. The number of carbonyl (C=O) groups excluding carboxylic acids is 1. The molecule has 0 bridgehead atoms. The van der Waals surface area contributed by atoms with E-state index in [2.05, 4.69) is 53.5 Å². The number of piperidine rings is 1. The third-order valence-electron chi connectivity index (χ3n) is 7.50. The number of aryl methyl sites for hydroxylation is 1. The van der Waals surface area contributed by atoms with Crippen LogP contribution in [0.3, 0.4) is 0 Å². The van der Waals surface area contributed by atoms with Gasteiger partial charge in [-0.15, -0.1) is 11.3 Å². The molecule has 4 heteroatoms. The van der Waals surface area contributed by atoms with Crippen LogP contribution in [-0.4, -0.2) is 29.9 Å². The zero-order valence-electron chi connectivity index (χ0n) is 17.5. The summed E-state index contributed by atoms with van der Waals surface area (Å²) in [4.78, 5) is 18.1. The van der Waals surface area contributed by atoms with Gasteiger partial charge in [0.05, 0.1) is 0 Å². The van der Waals surface area contributed by atoms with Crippen molar-refractivity contribution in [3.63, 3.8) is 0 Å². The van der Waals surface area contributed by atoms with E-state index in [1.165, 1.54) is 40.1 Å². The average Bonchev–Trinajstić information content (AvgIpc) is 3.23. The monoisotopic (exact) mass is 408 g/mol. The molecule has 3 aliphatic rings. The van der Waals surface area contributed by atoms with Crippen molar-refractivity contribution < 1.29 is 4.79 Å². The number of fused-ring (bicyclic) bond motifs is 2. The van der Waals surface area contributed by atoms with E-state index in [9.17, 15) is 4.79 Å². The zero-order valence-corrected chi connectivity index (χ0v) is 18.3. The lowest BCUT2D eigenvalue weighted by molar-refractivity contribution is -0.122. The number of nitrogens with zero attached hydrogens (tertiary/aromatic N) is 1. The Bertz CT molecular complexity index is 876. The van der Waals surface area contributed by atoms with Crippen LogP contribution < -0.4 is 5.32 Å². The van der Waals surface area contributed by atoms with Gasteiger partial charge in [-0.25, -0.2) is 0 Å². The van der Waals surface area contributed by atoms with Crippen molar-refractivity contribution in [2.45, 2.75) is 75.8 Å². The second-order valence-corrected chi connectivity index (χ2v) is 10.8. The van der Waals surface area contributed by atoms with Crippen molar-refractivity contribution in [3.8, 4) is 0 Å². The summed E-state index contributed by atoms with van der Waals surface area (Å²) in [6, 6.07) is 13.9. The minimum Gasteiger partial charge on any atom is -0.353 e. The van der Waals surface area contributed by atoms with E-state index in [0.29, 0.717) is 18.4 Å². The van der Waals surface area contributed by atoms with Gasteiger partial charge >= 0.3 is 0 Å². The summed E-state index contributed by atoms with van der Waals surface area (Å²) in [6.07, 6.45) is 7.84. The number of thiophene rings is 1. The highest BCUT2D eigenvalue weighted by atomic mass is 32.1. The van der Waals surface area contributed by atoms with Crippen molar-refractivity contribution >= 4 is 17.2 Å². The standard InChI is InChI=1S/C25H32N2OS/c1-18-9-10-21(29-18)17-27-13-11-25(12-14-27)16-19(22-7-2-3-8-23(22)25)15-24(28)26-20-5-4-6-20/h2-3,7-10,19-20H,4-6,11-17H2,1H3,(H,26,28)/t19-/m0/s1. The van der Waals surface area contributed by atoms with Crippen LogP contribution in [0.4, 0.5) is 0 Å². The molecule has 1 aliphatic heterocycles. The maximum absolute atomic E-state index is 12.6. The summed E-state index contributed by atoms with van der Waals surface area (Å²) >= 11 is 1.93. The van der Waals surface area contributed by atoms with Crippen LogP contribution in [-0.2, 0) is 16.8 Å². The molecule has 29 heavy (non-hydrogen) atoms. The van der Waals surface area contributed by atoms with Gasteiger partial charge in [-0.1, -0.05) is 24.3 Å². The second-order valence-electron chi connectivity index (χ2n) is 9.46. The first-order chi connectivity index (χ1) is 14.1. The maximum Gasteiger partial charge on any atom is 0.220 e. The lowest BCUT2D eigenvalue weighted by Gasteiger charge is -2.40. The normalized spacial score (nSPS) is 23.7. The van der Waals surface area contributed by atoms with Crippen LogP contribution in [0.25, 0.3) is 0 Å². The lowest BCUT2D eigenvalue weighted by atomic mass is 9.73. The Morgan fingerprint density at radius 1 is 1.17 bits per heavy atom. The first-order valence-electron chi connectivity index (χ1n) is 11.3. The number of nitrogens with one attached hydrogen (secondary N) is 1. The smallest absolute Gasteiger partial charge is 0.220 e. The molecule has 1 N–H and O–H groups in total. The molecule has 1 amide bonds. The molecule has 3 nitrogen and oxygen atoms in total. The third kappa shape index (κ3) is 3.89. The summed E-state index contributed by atoms with van der Waals surface area (Å²) in [7, 11) is 0. The number of carbonyl (C=O) groups is 1. The highest BCUT2D eigenvalue weighted by molar-refractivity contribution is 7.11. The van der Waals surface area contributed by atoms with Crippen molar-refractivity contribution in [1.82, 2.24) is 10.2 Å². The molecule has 154 valence electrons. The predicted molar refractivity (Wildman–Crippen MR) is 119 cm³/mol. The molecule has 1 spiro atoms. The van der Waals surface area contributed by atoms with Gasteiger partial charge in [0.15, 0.2) is 0 Å². The predicted octanol–water partition coefficient (Wildman–Crippen LogP) is 5.14. The van der Waals surface area contributed by atoms with E-state index in [0.717, 1.165) is 38.9 Å². The van der Waals surface area contributed by atoms with Gasteiger partial charge in [0.1, 0.15) is 0 Å². The van der Waals surface area contributed by atoms with Crippen LogP contribution in [0.15, 0.2) is 36.4 Å². The first kappa shape index (κ1) is 19.3. The Balaban J connectivity index is 1.26. The van der Waals surface area contributed by atoms with Crippen molar-refractivity contribution in [3.05, 3.63) is 57.3 Å². The summed E-state index contributed by atoms with van der Waals surface area (Å²) in [5.74, 6) is 0.648. The molecule has 1 saturated carbocycles. The minimum atomic E-state index is 0.261. The molecule has 1 aromatic heterocycles. The van der Waals surface area contributed by atoms with Gasteiger partial charge in [-0.2, -0.15) is 0 Å². The van der Waals surface area contributed by atoms with E-state index in [4.69, 9.17) is 0 Å². The molecule has 1 aromatic carbocycles. The molecule has 2 fully saturated rings. The summed E-state index contributed by atoms with van der Waals surface area (Å²) in [5.41, 5.74) is 3.26. The fraction of sp³-hybridized carbons (Fsp3) is 0.560. The van der Waals surface area contributed by atoms with Crippen LogP contribution in [0.1, 0.15) is 71.7 Å². The van der Waals surface area contributed by atoms with Crippen molar-refractivity contribution in [2.24, 2.45) is 0 Å². The highest BCUT2D eigenvalue weighted by Crippen LogP contribution is 2.52. The van der Waals surface area contributed by atoms with Crippen molar-refractivity contribution in [1.29, 1.82) is 0 Å². The van der Waals surface area contributed by atoms with E-state index < -0.39 is 0 Å². The quantitative estimate of drug-likeness (QED) is 0.743. The summed E-state index contributed by atoms with van der Waals surface area (Å²) in [5, 5.41) is 3.26. The highest BCUT2D eigenvalue weighted by Gasteiger charge is 2.45. The molecule has 0 unspecified atom stereocenters. The zero-order chi connectivity index (χ0) is 19.8. The SMILES string of the molecule is Cc1ccc(CN2CCC3(CC2)C[C@H](CC(=O)NC2CCC2)c2ccccc23)s1. The number of likely N-dealkylation sites (tertiary alicyclic amines) is 1. The summed E-state index contributed by atoms with van der Waals surface area (Å²) < 4.78 is 0. The fourth-order valence-corrected chi connectivity index (χ4v) is 6.61. The third-order valence-corrected chi connectivity index (χ3v) is 8.49. The maximum atomic E-state index is 12.6. The average molecular weight is 409 g/mol.